The van der Waals surface area contributed by atoms with Crippen molar-refractivity contribution in [1.82, 2.24) is 15.3 Å². The zero-order valence-electron chi connectivity index (χ0n) is 11.7. The van der Waals surface area contributed by atoms with Crippen LogP contribution < -0.4 is 5.32 Å². The van der Waals surface area contributed by atoms with Crippen LogP contribution in [-0.4, -0.2) is 22.9 Å². The van der Waals surface area contributed by atoms with Gasteiger partial charge in [0.1, 0.15) is 5.82 Å². The van der Waals surface area contributed by atoms with Crippen LogP contribution in [0, 0.1) is 12.7 Å². The Kier molecular flexibility index (Phi) is 3.17. The van der Waals surface area contributed by atoms with Crippen LogP contribution in [0.1, 0.15) is 15.9 Å². The Morgan fingerprint density at radius 2 is 2.14 bits per heavy atom. The van der Waals surface area contributed by atoms with E-state index in [9.17, 15) is 9.18 Å². The van der Waals surface area contributed by atoms with Crippen molar-refractivity contribution < 1.29 is 9.18 Å². The van der Waals surface area contributed by atoms with Crippen LogP contribution >= 0.6 is 0 Å². The van der Waals surface area contributed by atoms with Gasteiger partial charge in [-0.05, 0) is 36.8 Å². The van der Waals surface area contributed by atoms with E-state index < -0.39 is 0 Å². The van der Waals surface area contributed by atoms with Crippen molar-refractivity contribution in [3.05, 3.63) is 53.6 Å². The minimum Gasteiger partial charge on any atom is -0.359 e. The molecular weight excluding hydrogens is 269 g/mol. The summed E-state index contributed by atoms with van der Waals surface area (Å²) in [5.41, 5.74) is 3.13. The molecule has 4 nitrogen and oxygen atoms in total. The zero-order chi connectivity index (χ0) is 15.0. The summed E-state index contributed by atoms with van der Waals surface area (Å²) < 4.78 is 14.0. The number of H-pyrrole nitrogens is 1. The van der Waals surface area contributed by atoms with Gasteiger partial charge in [0.15, 0.2) is 0 Å². The van der Waals surface area contributed by atoms with E-state index in [-0.39, 0.29) is 11.7 Å². The van der Waals surface area contributed by atoms with Crippen LogP contribution in [0.2, 0.25) is 0 Å². The molecule has 0 radical (unpaired) electrons. The number of nitrogens with one attached hydrogen (secondary N) is 2. The number of carbonyl (C=O) groups is 1. The van der Waals surface area contributed by atoms with Crippen LogP contribution in [-0.2, 0) is 0 Å². The first-order valence-corrected chi connectivity index (χ1v) is 6.56. The van der Waals surface area contributed by atoms with E-state index in [0.717, 1.165) is 10.9 Å². The number of benzene rings is 1. The molecule has 0 saturated carbocycles. The topological polar surface area (TPSA) is 57.8 Å². The van der Waals surface area contributed by atoms with Crippen molar-refractivity contribution in [1.29, 1.82) is 0 Å². The lowest BCUT2D eigenvalue weighted by Gasteiger charge is -2.07. The van der Waals surface area contributed by atoms with Gasteiger partial charge in [0.05, 0.1) is 16.8 Å². The number of halogens is 1. The molecule has 2 aromatic heterocycles. The highest BCUT2D eigenvalue weighted by Crippen LogP contribution is 2.26. The molecule has 21 heavy (non-hydrogen) atoms. The molecular formula is C16H14FN3O. The molecule has 0 atom stereocenters. The van der Waals surface area contributed by atoms with Crippen molar-refractivity contribution in [2.75, 3.05) is 7.05 Å². The Morgan fingerprint density at radius 1 is 1.33 bits per heavy atom. The van der Waals surface area contributed by atoms with Crippen LogP contribution in [0.15, 0.2) is 36.7 Å². The maximum absolute atomic E-state index is 14.0. The van der Waals surface area contributed by atoms with E-state index in [2.05, 4.69) is 15.3 Å². The largest absolute Gasteiger partial charge is 0.359 e. The molecule has 0 aliphatic carbocycles. The molecule has 0 spiro atoms. The SMILES string of the molecule is CNC(=O)c1cnc(-c2cc(F)c3[nH]ccc3c2)cc1C. The van der Waals surface area contributed by atoms with E-state index in [1.165, 1.54) is 12.3 Å². The van der Waals surface area contributed by atoms with Crippen LogP contribution in [0.4, 0.5) is 4.39 Å². The first-order valence-electron chi connectivity index (χ1n) is 6.56. The fraction of sp³-hybridized carbons (Fsp3) is 0.125. The van der Waals surface area contributed by atoms with E-state index in [0.29, 0.717) is 22.3 Å². The highest BCUT2D eigenvalue weighted by atomic mass is 19.1. The number of hydrogen-bond acceptors (Lipinski definition) is 2. The Morgan fingerprint density at radius 3 is 2.86 bits per heavy atom. The number of hydrogen-bond donors (Lipinski definition) is 2. The number of pyridine rings is 1. The highest BCUT2D eigenvalue weighted by molar-refractivity contribution is 5.95. The Bertz CT molecular complexity index is 839. The van der Waals surface area contributed by atoms with Crippen molar-refractivity contribution in [3.63, 3.8) is 0 Å². The minimum absolute atomic E-state index is 0.182. The first kappa shape index (κ1) is 13.3. The van der Waals surface area contributed by atoms with Gasteiger partial charge in [-0.1, -0.05) is 0 Å². The summed E-state index contributed by atoms with van der Waals surface area (Å²) in [7, 11) is 1.57. The number of nitrogens with zero attached hydrogens (tertiary/aromatic N) is 1. The van der Waals surface area contributed by atoms with E-state index in [1.807, 2.05) is 19.1 Å². The molecule has 0 unspecified atom stereocenters. The second-order valence-corrected chi connectivity index (χ2v) is 4.86. The normalized spacial score (nSPS) is 10.8. The summed E-state index contributed by atoms with van der Waals surface area (Å²) in [5.74, 6) is -0.499. The van der Waals surface area contributed by atoms with Gasteiger partial charge in [0.2, 0.25) is 0 Å². The third-order valence-corrected chi connectivity index (χ3v) is 3.49. The third-order valence-electron chi connectivity index (χ3n) is 3.49. The minimum atomic E-state index is -0.317. The Labute approximate surface area is 121 Å². The quantitative estimate of drug-likeness (QED) is 0.759. The second kappa shape index (κ2) is 5.01. The third kappa shape index (κ3) is 2.27. The van der Waals surface area contributed by atoms with Gasteiger partial charge in [0.25, 0.3) is 5.91 Å². The Hall–Kier alpha value is -2.69. The fourth-order valence-electron chi connectivity index (χ4n) is 2.36. The van der Waals surface area contributed by atoms with Crippen molar-refractivity contribution >= 4 is 16.8 Å². The van der Waals surface area contributed by atoms with Gasteiger partial charge in [-0.25, -0.2) is 4.39 Å². The standard InChI is InChI=1S/C16H14FN3O/c1-9-5-14(20-8-12(9)16(21)18-2)11-6-10-3-4-19-15(10)13(17)7-11/h3-8,19H,1-2H3,(H,18,21). The summed E-state index contributed by atoms with van der Waals surface area (Å²) in [6.45, 7) is 1.83. The predicted molar refractivity (Wildman–Crippen MR) is 79.6 cm³/mol. The van der Waals surface area contributed by atoms with E-state index >= 15 is 0 Å². The average Bonchev–Trinajstić information content (AvgIpc) is 2.95. The number of aryl methyl sites for hydroxylation is 1. The van der Waals surface area contributed by atoms with Gasteiger partial charge in [-0.3, -0.25) is 9.78 Å². The molecule has 1 aromatic carbocycles. The summed E-state index contributed by atoms with van der Waals surface area (Å²) in [5, 5.41) is 3.36. The lowest BCUT2D eigenvalue weighted by atomic mass is 10.0. The fourth-order valence-corrected chi connectivity index (χ4v) is 2.36. The average molecular weight is 283 g/mol. The maximum atomic E-state index is 14.0. The first-order chi connectivity index (χ1) is 10.1. The summed E-state index contributed by atoms with van der Waals surface area (Å²) >= 11 is 0. The lowest BCUT2D eigenvalue weighted by Crippen LogP contribution is -2.19. The smallest absolute Gasteiger partial charge is 0.252 e. The summed E-state index contributed by atoms with van der Waals surface area (Å²) in [4.78, 5) is 18.8. The monoisotopic (exact) mass is 283 g/mol. The number of amides is 1. The molecule has 0 saturated heterocycles. The molecule has 106 valence electrons. The predicted octanol–water partition coefficient (Wildman–Crippen LogP) is 3.04. The zero-order valence-corrected chi connectivity index (χ0v) is 11.7. The highest BCUT2D eigenvalue weighted by Gasteiger charge is 2.11. The molecule has 3 aromatic rings. The molecule has 0 aliphatic heterocycles. The van der Waals surface area contributed by atoms with E-state index in [1.54, 1.807) is 19.3 Å². The number of aromatic amines is 1. The van der Waals surface area contributed by atoms with Crippen LogP contribution in [0.3, 0.4) is 0 Å². The van der Waals surface area contributed by atoms with Crippen molar-refractivity contribution in [3.8, 4) is 11.3 Å². The maximum Gasteiger partial charge on any atom is 0.252 e. The van der Waals surface area contributed by atoms with Crippen LogP contribution in [0.5, 0.6) is 0 Å². The lowest BCUT2D eigenvalue weighted by molar-refractivity contribution is 0.0962. The molecule has 3 rings (SSSR count). The van der Waals surface area contributed by atoms with Gasteiger partial charge in [-0.15, -0.1) is 0 Å². The molecule has 1 amide bonds. The number of carbonyl (C=O) groups excluding carboxylic acids is 1. The number of fused-ring (bicyclic) bond motifs is 1. The molecule has 2 heterocycles. The van der Waals surface area contributed by atoms with Crippen LogP contribution in [0.25, 0.3) is 22.2 Å². The molecule has 0 aliphatic rings. The molecule has 5 heteroatoms. The molecule has 0 bridgehead atoms. The Balaban J connectivity index is 2.10. The van der Waals surface area contributed by atoms with Gasteiger partial charge < -0.3 is 10.3 Å². The summed E-state index contributed by atoms with van der Waals surface area (Å²) in [6, 6.07) is 6.92. The van der Waals surface area contributed by atoms with Gasteiger partial charge in [0, 0.05) is 30.4 Å². The van der Waals surface area contributed by atoms with Gasteiger partial charge in [-0.2, -0.15) is 0 Å². The van der Waals surface area contributed by atoms with Crippen molar-refractivity contribution in [2.45, 2.75) is 6.92 Å². The number of rotatable bonds is 2. The second-order valence-electron chi connectivity index (χ2n) is 4.86. The molecule has 2 N–H and O–H groups in total. The molecule has 0 fully saturated rings. The van der Waals surface area contributed by atoms with Gasteiger partial charge >= 0.3 is 0 Å². The van der Waals surface area contributed by atoms with Crippen molar-refractivity contribution in [2.24, 2.45) is 0 Å². The van der Waals surface area contributed by atoms with E-state index in [4.69, 9.17) is 0 Å². The number of aromatic nitrogens is 2. The summed E-state index contributed by atoms with van der Waals surface area (Å²) in [6.07, 6.45) is 3.22.